The summed E-state index contributed by atoms with van der Waals surface area (Å²) in [6.07, 6.45) is 2.86. The van der Waals surface area contributed by atoms with Gasteiger partial charge < -0.3 is 24.8 Å². The van der Waals surface area contributed by atoms with Crippen molar-refractivity contribution in [1.82, 2.24) is 4.90 Å². The molecule has 1 aliphatic rings. The fourth-order valence-corrected chi connectivity index (χ4v) is 3.28. The van der Waals surface area contributed by atoms with E-state index >= 15 is 0 Å². The summed E-state index contributed by atoms with van der Waals surface area (Å²) in [6.45, 7) is 2.95. The molecule has 0 spiro atoms. The molecule has 0 unspecified atom stereocenters. The fourth-order valence-electron chi connectivity index (χ4n) is 3.01. The highest BCUT2D eigenvalue weighted by molar-refractivity contribution is 6.32. The predicted molar refractivity (Wildman–Crippen MR) is 107 cm³/mol. The smallest absolute Gasteiger partial charge is 0.338 e. The summed E-state index contributed by atoms with van der Waals surface area (Å²) in [7, 11) is 1.45. The van der Waals surface area contributed by atoms with Gasteiger partial charge >= 0.3 is 5.97 Å². The number of halogens is 1. The Kier molecular flexibility index (Phi) is 8.57. The van der Waals surface area contributed by atoms with E-state index in [2.05, 4.69) is 0 Å². The van der Waals surface area contributed by atoms with Gasteiger partial charge in [-0.3, -0.25) is 9.59 Å². The summed E-state index contributed by atoms with van der Waals surface area (Å²) in [6, 6.07) is 2.90. The lowest BCUT2D eigenvalue weighted by molar-refractivity contribution is -0.137. The Hall–Kier alpha value is -2.48. The number of likely N-dealkylation sites (tertiary alicyclic amines) is 1. The summed E-state index contributed by atoms with van der Waals surface area (Å²) >= 11 is 6.23. The Morgan fingerprint density at radius 1 is 1.24 bits per heavy atom. The Bertz CT molecular complexity index is 747. The maximum atomic E-state index is 12.4. The minimum atomic E-state index is -0.689. The molecule has 0 bridgehead atoms. The minimum Gasteiger partial charge on any atom is -0.493 e. The molecule has 1 heterocycles. The number of amides is 2. The number of carbonyl (C=O) groups is 3. The number of primary amides is 1. The number of nitrogens with two attached hydrogens (primary N) is 1. The molecule has 0 atom stereocenters. The van der Waals surface area contributed by atoms with Gasteiger partial charge in [-0.1, -0.05) is 24.9 Å². The van der Waals surface area contributed by atoms with Crippen LogP contribution in [-0.2, 0) is 14.3 Å². The van der Waals surface area contributed by atoms with Gasteiger partial charge in [-0.15, -0.1) is 0 Å². The van der Waals surface area contributed by atoms with E-state index in [4.69, 9.17) is 31.5 Å². The van der Waals surface area contributed by atoms with Gasteiger partial charge in [-0.25, -0.2) is 4.79 Å². The van der Waals surface area contributed by atoms with Gasteiger partial charge in [0.25, 0.3) is 5.91 Å². The van der Waals surface area contributed by atoms with Crippen molar-refractivity contribution in [2.24, 2.45) is 11.7 Å². The highest BCUT2D eigenvalue weighted by Gasteiger charge is 2.26. The zero-order chi connectivity index (χ0) is 21.4. The van der Waals surface area contributed by atoms with Crippen molar-refractivity contribution >= 4 is 29.4 Å². The lowest BCUT2D eigenvalue weighted by atomic mass is 9.96. The van der Waals surface area contributed by atoms with Crippen LogP contribution in [-0.4, -0.2) is 56.1 Å². The fraction of sp³-hybridized carbons (Fsp3) is 0.550. The molecule has 2 amide bonds. The van der Waals surface area contributed by atoms with Gasteiger partial charge in [0.1, 0.15) is 0 Å². The molecule has 2 rings (SSSR count). The van der Waals surface area contributed by atoms with Crippen LogP contribution in [0.25, 0.3) is 0 Å². The Labute approximate surface area is 175 Å². The number of esters is 1. The van der Waals surface area contributed by atoms with Crippen LogP contribution in [0.3, 0.4) is 0 Å². The molecule has 29 heavy (non-hydrogen) atoms. The van der Waals surface area contributed by atoms with Crippen molar-refractivity contribution in [2.75, 3.05) is 33.4 Å². The number of hydrogen-bond acceptors (Lipinski definition) is 6. The molecule has 0 aromatic heterocycles. The van der Waals surface area contributed by atoms with Crippen LogP contribution in [0.1, 0.15) is 43.0 Å². The lowest BCUT2D eigenvalue weighted by Gasteiger charge is -2.30. The second-order valence-electron chi connectivity index (χ2n) is 6.83. The van der Waals surface area contributed by atoms with Gasteiger partial charge in [0.05, 0.1) is 24.3 Å². The van der Waals surface area contributed by atoms with Gasteiger partial charge in [0.15, 0.2) is 18.1 Å². The number of benzene rings is 1. The first kappa shape index (κ1) is 22.8. The first-order chi connectivity index (χ1) is 13.9. The number of methoxy groups -OCH3 is 1. The monoisotopic (exact) mass is 426 g/mol. The SMILES string of the molecule is CCCCOc1c(Cl)cc(C(=O)OCC(=O)N2CCC(C(N)=O)CC2)cc1OC. The van der Waals surface area contributed by atoms with Crippen molar-refractivity contribution in [1.29, 1.82) is 0 Å². The molecule has 160 valence electrons. The first-order valence-corrected chi connectivity index (χ1v) is 9.99. The average Bonchev–Trinajstić information content (AvgIpc) is 2.72. The Balaban J connectivity index is 1.94. The van der Waals surface area contributed by atoms with Crippen molar-refractivity contribution < 1.29 is 28.6 Å². The number of piperidine rings is 1. The van der Waals surface area contributed by atoms with E-state index in [1.54, 1.807) is 4.90 Å². The zero-order valence-corrected chi connectivity index (χ0v) is 17.5. The van der Waals surface area contributed by atoms with Crippen LogP contribution in [0.5, 0.6) is 11.5 Å². The number of ether oxygens (including phenoxy) is 3. The predicted octanol–water partition coefficient (Wildman–Crippen LogP) is 2.41. The second kappa shape index (κ2) is 10.9. The molecule has 0 aliphatic carbocycles. The first-order valence-electron chi connectivity index (χ1n) is 9.61. The van der Waals surface area contributed by atoms with E-state index in [1.807, 2.05) is 6.92 Å². The van der Waals surface area contributed by atoms with Gasteiger partial charge in [0.2, 0.25) is 5.91 Å². The third-order valence-electron chi connectivity index (χ3n) is 4.79. The molecule has 1 aromatic rings. The van der Waals surface area contributed by atoms with Crippen molar-refractivity contribution in [3.05, 3.63) is 22.7 Å². The quantitative estimate of drug-likeness (QED) is 0.479. The Morgan fingerprint density at radius 2 is 1.93 bits per heavy atom. The molecule has 8 nitrogen and oxygen atoms in total. The average molecular weight is 427 g/mol. The summed E-state index contributed by atoms with van der Waals surface area (Å²) in [4.78, 5) is 37.4. The Morgan fingerprint density at radius 3 is 2.52 bits per heavy atom. The summed E-state index contributed by atoms with van der Waals surface area (Å²) in [5.74, 6) is -0.886. The van der Waals surface area contributed by atoms with E-state index in [1.165, 1.54) is 19.2 Å². The second-order valence-corrected chi connectivity index (χ2v) is 7.23. The maximum absolute atomic E-state index is 12.4. The van der Waals surface area contributed by atoms with Crippen LogP contribution in [0.2, 0.25) is 5.02 Å². The molecule has 1 saturated heterocycles. The molecule has 2 N–H and O–H groups in total. The normalized spacial score (nSPS) is 14.4. The standard InChI is InChI=1S/C20H27ClN2O6/c1-3-4-9-28-18-15(21)10-14(11-16(18)27-2)20(26)29-12-17(24)23-7-5-13(6-8-23)19(22)25/h10-11,13H,3-9,12H2,1-2H3,(H2,22,25). The van der Waals surface area contributed by atoms with Crippen LogP contribution >= 0.6 is 11.6 Å². The van der Waals surface area contributed by atoms with E-state index in [-0.39, 0.29) is 28.3 Å². The van der Waals surface area contributed by atoms with Crippen LogP contribution in [0, 0.1) is 5.92 Å². The molecule has 9 heteroatoms. The van der Waals surface area contributed by atoms with Gasteiger partial charge in [0, 0.05) is 19.0 Å². The van der Waals surface area contributed by atoms with Crippen LogP contribution in [0.4, 0.5) is 0 Å². The van der Waals surface area contributed by atoms with Crippen LogP contribution in [0.15, 0.2) is 12.1 Å². The number of hydrogen-bond donors (Lipinski definition) is 1. The number of rotatable bonds is 9. The topological polar surface area (TPSA) is 108 Å². The zero-order valence-electron chi connectivity index (χ0n) is 16.7. The molecular formula is C20H27ClN2O6. The van der Waals surface area contributed by atoms with E-state index in [9.17, 15) is 14.4 Å². The van der Waals surface area contributed by atoms with Gasteiger partial charge in [-0.05, 0) is 31.4 Å². The van der Waals surface area contributed by atoms with E-state index < -0.39 is 12.6 Å². The molecule has 0 saturated carbocycles. The molecule has 1 aromatic carbocycles. The summed E-state index contributed by atoms with van der Waals surface area (Å²) in [5, 5.41) is 0.229. The van der Waals surface area contributed by atoms with Crippen molar-refractivity contribution in [3.63, 3.8) is 0 Å². The molecular weight excluding hydrogens is 400 g/mol. The number of unbranched alkanes of at least 4 members (excludes halogenated alkanes) is 1. The third-order valence-corrected chi connectivity index (χ3v) is 5.07. The molecule has 1 aliphatic heterocycles. The highest BCUT2D eigenvalue weighted by atomic mass is 35.5. The molecule has 1 fully saturated rings. The maximum Gasteiger partial charge on any atom is 0.338 e. The van der Waals surface area contributed by atoms with E-state index in [0.29, 0.717) is 44.0 Å². The number of nitrogens with zero attached hydrogens (tertiary/aromatic N) is 1. The lowest BCUT2D eigenvalue weighted by Crippen LogP contribution is -2.43. The van der Waals surface area contributed by atoms with E-state index in [0.717, 1.165) is 12.8 Å². The minimum absolute atomic E-state index is 0.162. The number of carbonyl (C=O) groups excluding carboxylic acids is 3. The highest BCUT2D eigenvalue weighted by Crippen LogP contribution is 2.36. The molecule has 0 radical (unpaired) electrons. The summed E-state index contributed by atoms with van der Waals surface area (Å²) in [5.41, 5.74) is 5.45. The third kappa shape index (κ3) is 6.25. The largest absolute Gasteiger partial charge is 0.493 e. The summed E-state index contributed by atoms with van der Waals surface area (Å²) < 4.78 is 16.0. The van der Waals surface area contributed by atoms with Crippen LogP contribution < -0.4 is 15.2 Å². The van der Waals surface area contributed by atoms with Crippen molar-refractivity contribution in [2.45, 2.75) is 32.6 Å². The van der Waals surface area contributed by atoms with Crippen molar-refractivity contribution in [3.8, 4) is 11.5 Å². The van der Waals surface area contributed by atoms with Gasteiger partial charge in [-0.2, -0.15) is 0 Å².